The number of carboxylic acid groups (broad SMARTS) is 2. The molecule has 0 spiro atoms. The van der Waals surface area contributed by atoms with E-state index in [0.29, 0.717) is 33.2 Å². The lowest BCUT2D eigenvalue weighted by atomic mass is 10.0. The lowest BCUT2D eigenvalue weighted by Crippen LogP contribution is -2.69. The minimum Gasteiger partial charge on any atom is -0.504 e. The Morgan fingerprint density at radius 1 is 1.10 bits per heavy atom. The van der Waals surface area contributed by atoms with Gasteiger partial charge in [-0.3, -0.25) is 34.2 Å². The fourth-order valence-electron chi connectivity index (χ4n) is 4.84. The number of rotatable bonds is 11. The first-order chi connectivity index (χ1) is 23.8. The number of carbonyl (C=O) groups excluding carboxylic acids is 6. The number of oxime groups is 1. The lowest BCUT2D eigenvalue weighted by molar-refractivity contribution is -0.167. The molecule has 2 aromatic rings. The van der Waals surface area contributed by atoms with Gasteiger partial charge in [-0.15, -0.1) is 0 Å². The number of piperazine rings is 1. The normalized spacial score (nSPS) is 21.9. The summed E-state index contributed by atoms with van der Waals surface area (Å²) in [4.78, 5) is 111. The van der Waals surface area contributed by atoms with Gasteiger partial charge in [0, 0.05) is 18.1 Å². The van der Waals surface area contributed by atoms with Crippen LogP contribution in [0.3, 0.4) is 0 Å². The summed E-state index contributed by atoms with van der Waals surface area (Å²) >= 11 is 7.07. The van der Waals surface area contributed by atoms with E-state index in [1.165, 1.54) is 0 Å². The third-order valence-electron chi connectivity index (χ3n) is 7.65. The molecule has 3 aliphatic rings. The maximum absolute atomic E-state index is 13.3. The fourth-order valence-corrected chi connectivity index (χ4v) is 7.16. The van der Waals surface area contributed by atoms with Crippen molar-refractivity contribution in [1.29, 1.82) is 0 Å². The quantitative estimate of drug-likeness (QED) is 0.0311. The second-order valence-electron chi connectivity index (χ2n) is 11.3. The minimum atomic E-state index is -2.24. The zero-order valence-corrected chi connectivity index (χ0v) is 28.2. The number of hydrogen-bond donors (Lipinski definition) is 7. The van der Waals surface area contributed by atoms with Crippen molar-refractivity contribution < 1.29 is 63.6 Å². The zero-order valence-electron chi connectivity index (χ0n) is 25.8. The summed E-state index contributed by atoms with van der Waals surface area (Å²) in [5, 5.41) is 43.5. The Labute approximate surface area is 297 Å². The number of aliphatic carboxylic acids is 2. The van der Waals surface area contributed by atoms with E-state index < -0.39 is 117 Å². The van der Waals surface area contributed by atoms with E-state index in [0.717, 1.165) is 30.9 Å². The van der Waals surface area contributed by atoms with Gasteiger partial charge in [-0.1, -0.05) is 28.5 Å². The fraction of sp³-hybridized carbons (Fsp3) is 0.346. The number of β-lactam (4-membered cyclic amide) rings is 1. The van der Waals surface area contributed by atoms with Crippen LogP contribution in [0.2, 0.25) is 5.02 Å². The van der Waals surface area contributed by atoms with Crippen LogP contribution in [0.5, 0.6) is 11.5 Å². The smallest absolute Gasteiger partial charge is 0.350 e. The predicted molar refractivity (Wildman–Crippen MR) is 170 cm³/mol. The van der Waals surface area contributed by atoms with Crippen LogP contribution in [0, 0.1) is 0 Å². The van der Waals surface area contributed by atoms with E-state index in [4.69, 9.17) is 22.2 Å². The van der Waals surface area contributed by atoms with Crippen LogP contribution in [-0.2, 0) is 38.4 Å². The SMILES string of the molecule is CC(C)(O/N=C(\C(=O)N[C@@H]1C(=O)N2C[C@@](C(=O)O)(N3CCN(NC(=O)C(=O)c4ccc(O)c(O)c4Cl)C(=O)C3=O)S[C@H]12)c1nsc(N)n1)C(=O)O. The number of ketones is 1. The maximum Gasteiger partial charge on any atom is 0.350 e. The second-order valence-corrected chi connectivity index (χ2v) is 13.9. The van der Waals surface area contributed by atoms with Gasteiger partial charge in [0.2, 0.25) is 27.9 Å². The van der Waals surface area contributed by atoms with E-state index in [1.807, 2.05) is 5.43 Å². The molecule has 8 N–H and O–H groups in total. The number of amides is 5. The molecule has 3 atom stereocenters. The Kier molecular flexibility index (Phi) is 9.44. The third kappa shape index (κ3) is 6.38. The number of phenolic OH excluding ortho intramolecular Hbond substituents is 2. The van der Waals surface area contributed by atoms with E-state index in [1.54, 1.807) is 0 Å². The van der Waals surface area contributed by atoms with Gasteiger partial charge >= 0.3 is 29.7 Å². The average Bonchev–Trinajstić information content (AvgIpc) is 3.67. The van der Waals surface area contributed by atoms with Crippen molar-refractivity contribution in [3.05, 3.63) is 28.5 Å². The number of nitrogens with one attached hydrogen (secondary N) is 2. The summed E-state index contributed by atoms with van der Waals surface area (Å²) < 4.78 is 3.86. The first-order valence-corrected chi connectivity index (χ1v) is 16.1. The Hall–Kier alpha value is -5.75. The highest BCUT2D eigenvalue weighted by Gasteiger charge is 2.66. The van der Waals surface area contributed by atoms with Crippen LogP contribution in [0.25, 0.3) is 0 Å². The first kappa shape index (κ1) is 36.5. The van der Waals surface area contributed by atoms with Gasteiger partial charge in [0.15, 0.2) is 16.6 Å². The summed E-state index contributed by atoms with van der Waals surface area (Å²) in [5.41, 5.74) is 4.44. The number of nitrogens with two attached hydrogens (primary N) is 1. The van der Waals surface area contributed by atoms with E-state index in [2.05, 4.69) is 19.8 Å². The van der Waals surface area contributed by atoms with Gasteiger partial charge in [-0.05, 0) is 26.0 Å². The van der Waals surface area contributed by atoms with Crippen molar-refractivity contribution in [2.45, 2.75) is 35.7 Å². The number of anilines is 1. The molecule has 4 heterocycles. The summed E-state index contributed by atoms with van der Waals surface area (Å²) in [6.45, 7) is 0.657. The number of thioether (sulfide) groups is 1. The molecule has 3 aliphatic heterocycles. The number of aromatic nitrogens is 2. The summed E-state index contributed by atoms with van der Waals surface area (Å²) in [6.07, 6.45) is 0. The van der Waals surface area contributed by atoms with Crippen molar-refractivity contribution in [2.75, 3.05) is 25.4 Å². The number of benzene rings is 1. The molecule has 0 aliphatic carbocycles. The number of carboxylic acids is 2. The summed E-state index contributed by atoms with van der Waals surface area (Å²) in [6, 6.07) is 0.426. The molecular formula is C26H24ClN9O13S2. The Morgan fingerprint density at radius 2 is 1.78 bits per heavy atom. The molecule has 270 valence electrons. The molecule has 3 fully saturated rings. The molecule has 0 radical (unpaired) electrons. The monoisotopic (exact) mass is 769 g/mol. The van der Waals surface area contributed by atoms with E-state index >= 15 is 0 Å². The topological polar surface area (TPSA) is 325 Å². The number of hydrazine groups is 1. The molecular weight excluding hydrogens is 746 g/mol. The van der Waals surface area contributed by atoms with Crippen LogP contribution >= 0.6 is 34.9 Å². The number of aromatic hydroxyl groups is 2. The number of phenols is 2. The number of nitrogens with zero attached hydrogens (tertiary/aromatic N) is 6. The van der Waals surface area contributed by atoms with Gasteiger partial charge in [-0.2, -0.15) is 9.36 Å². The Bertz CT molecular complexity index is 1960. The number of Topliss-reactive ketones (excluding diaryl/α,β-unsaturated/α-hetero) is 1. The molecule has 5 amide bonds. The predicted octanol–water partition coefficient (Wildman–Crippen LogP) is -2.47. The van der Waals surface area contributed by atoms with Crippen LogP contribution in [0.4, 0.5) is 5.13 Å². The summed E-state index contributed by atoms with van der Waals surface area (Å²) in [5.74, 6) is -12.5. The van der Waals surface area contributed by atoms with Crippen LogP contribution in [0.15, 0.2) is 17.3 Å². The van der Waals surface area contributed by atoms with Gasteiger partial charge in [-0.25, -0.2) is 14.6 Å². The van der Waals surface area contributed by atoms with Crippen LogP contribution < -0.4 is 16.5 Å². The van der Waals surface area contributed by atoms with Crippen molar-refractivity contribution in [1.82, 2.24) is 34.9 Å². The van der Waals surface area contributed by atoms with Crippen LogP contribution in [0.1, 0.15) is 30.0 Å². The molecule has 3 saturated heterocycles. The lowest BCUT2D eigenvalue weighted by Gasteiger charge is -2.41. The van der Waals surface area contributed by atoms with Gasteiger partial charge in [0.1, 0.15) is 11.4 Å². The molecule has 25 heteroatoms. The minimum absolute atomic E-state index is 0.0843. The Morgan fingerprint density at radius 3 is 2.39 bits per heavy atom. The highest BCUT2D eigenvalue weighted by molar-refractivity contribution is 8.02. The molecule has 0 bridgehead atoms. The molecule has 0 unspecified atom stereocenters. The number of fused-ring (bicyclic) bond motifs is 1. The van der Waals surface area contributed by atoms with Gasteiger partial charge in [0.25, 0.3) is 11.7 Å². The molecule has 1 aromatic heterocycles. The summed E-state index contributed by atoms with van der Waals surface area (Å²) in [7, 11) is 0. The molecule has 22 nitrogen and oxygen atoms in total. The second kappa shape index (κ2) is 13.2. The van der Waals surface area contributed by atoms with Crippen molar-refractivity contribution in [3.63, 3.8) is 0 Å². The number of hydrogen-bond acceptors (Lipinski definition) is 17. The highest BCUT2D eigenvalue weighted by atomic mass is 35.5. The highest BCUT2D eigenvalue weighted by Crippen LogP contribution is 2.49. The number of halogens is 1. The molecule has 1 aromatic carbocycles. The molecule has 0 saturated carbocycles. The van der Waals surface area contributed by atoms with E-state index in [-0.39, 0.29) is 11.0 Å². The standard InChI is InChI=1S/C26H24ClN9O13S2/c1-25(2,22(45)46)49-32-11(15-30-24(28)51-33-15)16(40)29-12-18(42)34-7-26(23(47)48,50-21(12)34)35-5-6-36(20(44)19(35)43)31-17(41)13(38)8-3-4-9(37)14(39)10(8)27/h3-4,12,21,37,39H,5-7H2,1-2H3,(H,29,40)(H,31,41)(H,45,46)(H,47,48)(H2,28,30,33)/b32-11-/t12-,21-,26-/m1/s1. The maximum atomic E-state index is 13.3. The third-order valence-corrected chi connectivity index (χ3v) is 10.3. The van der Waals surface area contributed by atoms with Gasteiger partial charge in [0.05, 0.1) is 23.7 Å². The largest absolute Gasteiger partial charge is 0.504 e. The van der Waals surface area contributed by atoms with Crippen molar-refractivity contribution in [3.8, 4) is 11.5 Å². The van der Waals surface area contributed by atoms with Crippen molar-refractivity contribution in [2.24, 2.45) is 5.16 Å². The number of carbonyl (C=O) groups is 8. The first-order valence-electron chi connectivity index (χ1n) is 14.1. The molecule has 51 heavy (non-hydrogen) atoms. The van der Waals surface area contributed by atoms with Crippen molar-refractivity contribution >= 4 is 93.0 Å². The molecule has 5 rings (SSSR count). The average molecular weight is 770 g/mol. The van der Waals surface area contributed by atoms with Crippen LogP contribution in [-0.4, -0.2) is 139 Å². The van der Waals surface area contributed by atoms with Gasteiger partial charge < -0.3 is 46.1 Å². The Balaban J connectivity index is 1.30. The van der Waals surface area contributed by atoms with E-state index in [9.17, 15) is 58.8 Å². The zero-order chi connectivity index (χ0) is 37.7. The number of nitrogen functional groups attached to an aromatic ring is 1.